The van der Waals surface area contributed by atoms with Gasteiger partial charge in [-0.25, -0.2) is 29.9 Å². The van der Waals surface area contributed by atoms with Crippen molar-refractivity contribution in [2.45, 2.75) is 96.6 Å². The van der Waals surface area contributed by atoms with Crippen molar-refractivity contribution in [1.29, 1.82) is 21.5 Å². The molecule has 25 rings (SSSR count). The molecule has 136 heavy (non-hydrogen) atoms. The predicted octanol–water partition coefficient (Wildman–Crippen LogP) is 27.8. The van der Waals surface area contributed by atoms with E-state index in [-0.39, 0.29) is 2.85 Å². The summed E-state index contributed by atoms with van der Waals surface area (Å²) in [6.07, 6.45) is 22.9. The van der Waals surface area contributed by atoms with E-state index in [4.69, 9.17) is 86.2 Å². The Labute approximate surface area is 843 Å². The molecule has 0 bridgehead atoms. The van der Waals surface area contributed by atoms with E-state index in [9.17, 15) is 0 Å². The molecule has 0 radical (unpaired) electrons. The summed E-state index contributed by atoms with van der Waals surface area (Å²) < 4.78 is 14.7. The fourth-order valence-corrected chi connectivity index (χ4v) is 22.4. The first-order chi connectivity index (χ1) is 66.5. The molecule has 10 aromatic carbocycles. The monoisotopic (exact) mass is 2130 g/mol. The Balaban J connectivity index is 0.000000110. The van der Waals surface area contributed by atoms with Crippen molar-refractivity contribution in [3.8, 4) is 6.19 Å². The number of aromatic nitrogens is 10. The maximum atomic E-state index is 9.08. The average Bonchev–Trinajstić information content (AvgIpc) is 1.60. The quantitative estimate of drug-likeness (QED) is 0.131. The van der Waals surface area contributed by atoms with Crippen molar-refractivity contribution in [1.82, 2.24) is 52.7 Å². The highest BCUT2D eigenvalue weighted by atomic mass is 79.9. The van der Waals surface area contributed by atoms with Crippen molar-refractivity contribution < 1.29 is 2.85 Å². The number of hydrogen-bond donors (Lipinski definition) is 3. The van der Waals surface area contributed by atoms with Gasteiger partial charge in [-0.3, -0.25) is 21.2 Å². The van der Waals surface area contributed by atoms with Gasteiger partial charge < -0.3 is 27.7 Å². The maximum Gasteiger partial charge on any atom is 0.207 e. The second-order valence-electron chi connectivity index (χ2n) is 33.6. The average molecular weight is 2140 g/mol. The molecule has 0 amide bonds. The molecule has 18 nitrogen and oxygen atoms in total. The first-order valence-electron chi connectivity index (χ1n) is 44.8. The number of nitrogens with one attached hydrogen (secondary N) is 3. The summed E-state index contributed by atoms with van der Waals surface area (Å²) in [7, 11) is 1.85. The lowest BCUT2D eigenvalue weighted by Gasteiger charge is -2.24. The summed E-state index contributed by atoms with van der Waals surface area (Å²) in [5.74, 6) is 6.41. The fraction of sp³-hybridized carbons (Fsp3) is 0.156. The largest absolute Gasteiger partial charge is 0.352 e. The predicted molar refractivity (Wildman–Crippen MR) is 574 cm³/mol. The smallest absolute Gasteiger partial charge is 0.207 e. The molecule has 7 aromatic heterocycles. The van der Waals surface area contributed by atoms with Crippen LogP contribution in [0.15, 0.2) is 292 Å². The minimum absolute atomic E-state index is 0. The second kappa shape index (κ2) is 40.4. The molecule has 14 heterocycles. The van der Waals surface area contributed by atoms with Crippen molar-refractivity contribution in [3.63, 3.8) is 0 Å². The Kier molecular flexibility index (Phi) is 27.1. The van der Waals surface area contributed by atoms with E-state index >= 15 is 0 Å². The third-order valence-corrected chi connectivity index (χ3v) is 30.8. The van der Waals surface area contributed by atoms with E-state index in [0.717, 1.165) is 240 Å². The van der Waals surface area contributed by atoms with Crippen molar-refractivity contribution >= 4 is 250 Å². The van der Waals surface area contributed by atoms with Gasteiger partial charge in [0.25, 0.3) is 0 Å². The van der Waals surface area contributed by atoms with E-state index in [1.165, 1.54) is 57.4 Å². The first kappa shape index (κ1) is 91.3. The Bertz CT molecular complexity index is 8350. The van der Waals surface area contributed by atoms with Gasteiger partial charge in [-0.2, -0.15) is 10.3 Å². The molecule has 1 saturated heterocycles. The number of amidine groups is 1. The van der Waals surface area contributed by atoms with Gasteiger partial charge in [0.05, 0.1) is 33.0 Å². The van der Waals surface area contributed by atoms with Gasteiger partial charge in [-0.1, -0.05) is 250 Å². The highest BCUT2D eigenvalue weighted by Gasteiger charge is 2.32. The van der Waals surface area contributed by atoms with Crippen molar-refractivity contribution in [2.24, 2.45) is 15.0 Å². The molecular formula is C109H89Br4Cl3N18S2. The Morgan fingerprint density at radius 1 is 0.404 bits per heavy atom. The standard InChI is InChI=1S/C19H13BrN4.C19H16BrN3S.C19H16BrN3.C18H14Cl2N2.C18H14ClN3.C16H12BrN3S.2H2/c20-16-7-3-1-5-13(16)11-14-9-10-24-18(14)23-17-8-4-2-6-15(17)19(24)22-12-21;20-15-4-2-1-3-12(15)9-13-7-8-23-17(21)16-14(11-5-6-11)10-24-19(16)22-18(13)23;1-21-19-15-7-3-5-9-17(15)22-18-14(10-11-23(18)19)12-13-6-2-4-8-16(13)20;19-15-5-3-6-16(20)14(15)10-12-8-9-22-11-13-4-1-2-7-17(13)21-18(12)22;19-15-7-3-1-5-12(15)11-13-9-10-22-17(20)14-6-2-4-8-16(14)21-18(13)22;17-13-4-2-1-3-10(13)9-11-5-7-20-14(18)12-6-8-21-16(12)19-15(11)20;;/h1-8,11H,9-10H2;1-4,9-11,21H,5-8H2;2-9,12H,10-11H2,1H3;1-7,10H,8-9,11H2;1-8,11,20H,9-10H2;1-4,6,8-9,18H,5,7H2;2*1H/b14-11+,22-19?;13-9+,21-17?;14-12+,21-19?;12-10+;13-11+,20-17?;11-9+,18-14?;;. The van der Waals surface area contributed by atoms with Gasteiger partial charge in [0.2, 0.25) is 6.19 Å². The van der Waals surface area contributed by atoms with E-state index in [1.807, 2.05) is 202 Å². The summed E-state index contributed by atoms with van der Waals surface area (Å²) >= 11 is 36.5. The number of nitriles is 1. The van der Waals surface area contributed by atoms with E-state index in [1.54, 1.807) is 22.7 Å². The number of allylic oxidation sites excluding steroid dienone is 5. The van der Waals surface area contributed by atoms with Crippen LogP contribution in [0.25, 0.3) is 117 Å². The number of benzene rings is 10. The zero-order valence-electron chi connectivity index (χ0n) is 73.6. The SMILES string of the molecule is CN=c1c2ccccc2nc2n1CC/C2=C\c1ccccc1Br.Clc1cccc(Cl)c1/C=C1\CCN2Cc3ccccc3N=C12.N#CN=c1c2ccccc2nc2n1CC/C2=C\c1ccccc1Br.N=c1c2c(C3CC3)csc2nc2n1CC/C2=C\c1ccccc1Br.N=c1c2ccccc2nc2n1CC/C2=C\c1ccccc1Cl.N=c1c2ccsc2nc2n1CC/C2=C\c1ccccc1Br.[HH].[HH]. The number of halogens is 7. The van der Waals surface area contributed by atoms with Crippen molar-refractivity contribution in [2.75, 3.05) is 13.6 Å². The number of rotatable bonds is 7. The molecule has 1 aliphatic carbocycles. The zero-order chi connectivity index (χ0) is 93.2. The van der Waals surface area contributed by atoms with Crippen LogP contribution in [0.2, 0.25) is 15.1 Å². The van der Waals surface area contributed by atoms with Crippen molar-refractivity contribution in [3.05, 3.63) is 393 Å². The molecule has 27 heteroatoms. The van der Waals surface area contributed by atoms with Gasteiger partial charge in [0.15, 0.2) is 5.49 Å². The van der Waals surface area contributed by atoms with E-state index in [2.05, 4.69) is 202 Å². The molecule has 7 aliphatic heterocycles. The number of aliphatic imine (C=N–C) groups is 1. The molecule has 2 fully saturated rings. The summed E-state index contributed by atoms with van der Waals surface area (Å²) in [6.45, 7) is 6.10. The highest BCUT2D eigenvalue weighted by Crippen LogP contribution is 2.46. The molecule has 0 spiro atoms. The third kappa shape index (κ3) is 18.9. The second-order valence-corrected chi connectivity index (χ2v) is 40.0. The number of hydrogen-bond acceptors (Lipinski definition) is 15. The molecule has 0 atom stereocenters. The Morgan fingerprint density at radius 3 is 1.32 bits per heavy atom. The molecule has 17 aromatic rings. The maximum absolute atomic E-state index is 9.08. The molecule has 8 aliphatic rings. The van der Waals surface area contributed by atoms with E-state index in [0.29, 0.717) is 37.9 Å². The lowest BCUT2D eigenvalue weighted by molar-refractivity contribution is 0.443. The fourth-order valence-electron chi connectivity index (χ4n) is 18.3. The number of thiophene rings is 2. The topological polar surface area (TPSA) is 225 Å². The first-order valence-corrected chi connectivity index (χ1v) is 50.9. The summed E-state index contributed by atoms with van der Waals surface area (Å²) in [6, 6.07) is 80.3. The number of nitrogens with zero attached hydrogens (tertiary/aromatic N) is 15. The van der Waals surface area contributed by atoms with Gasteiger partial charge in [-0.15, -0.1) is 22.7 Å². The van der Waals surface area contributed by atoms with Crippen LogP contribution in [-0.4, -0.2) is 72.1 Å². The molecule has 1 saturated carbocycles. The van der Waals surface area contributed by atoms with Crippen LogP contribution < -0.4 is 27.4 Å². The highest BCUT2D eigenvalue weighted by molar-refractivity contribution is 9.11. The Morgan fingerprint density at radius 2 is 0.809 bits per heavy atom. The summed E-state index contributed by atoms with van der Waals surface area (Å²) in [5, 5.41) is 45.8. The van der Waals surface area contributed by atoms with Crippen LogP contribution in [0.3, 0.4) is 0 Å². The van der Waals surface area contributed by atoms with Gasteiger partial charge in [0.1, 0.15) is 66.6 Å². The van der Waals surface area contributed by atoms with E-state index < -0.39 is 0 Å². The lowest BCUT2D eigenvalue weighted by Crippen LogP contribution is -2.27. The number of para-hydroxylation sites is 4. The Hall–Kier alpha value is -12.5. The summed E-state index contributed by atoms with van der Waals surface area (Å²) in [4.78, 5) is 41.9. The van der Waals surface area contributed by atoms with Gasteiger partial charge >= 0.3 is 0 Å². The van der Waals surface area contributed by atoms with Gasteiger partial charge in [-0.05, 0) is 268 Å². The molecule has 0 unspecified atom stereocenters. The third-order valence-electron chi connectivity index (χ3n) is 25.2. The minimum atomic E-state index is 0. The number of fused-ring (bicyclic) bond motifs is 12. The molecule has 676 valence electrons. The zero-order valence-corrected chi connectivity index (χ0v) is 83.8. The van der Waals surface area contributed by atoms with Crippen LogP contribution in [-0.2, 0) is 39.3 Å². The van der Waals surface area contributed by atoms with Crippen LogP contribution in [0.1, 0.15) is 134 Å². The molecular weight excluding hydrogens is 2050 g/mol. The molecule has 3 N–H and O–H groups in total. The van der Waals surface area contributed by atoms with Gasteiger partial charge in [0, 0.05) is 110 Å². The van der Waals surface area contributed by atoms with Crippen LogP contribution in [0.5, 0.6) is 0 Å². The summed E-state index contributed by atoms with van der Waals surface area (Å²) in [5.41, 5.74) is 23.5. The minimum Gasteiger partial charge on any atom is -0.352 e. The van der Waals surface area contributed by atoms with Crippen LogP contribution in [0, 0.1) is 27.7 Å². The van der Waals surface area contributed by atoms with Crippen LogP contribution >= 0.6 is 121 Å². The lowest BCUT2D eigenvalue weighted by atomic mass is 10.1. The normalized spacial score (nSPS) is 16.6. The van der Waals surface area contributed by atoms with Crippen LogP contribution in [0.4, 0.5) is 5.69 Å².